The highest BCUT2D eigenvalue weighted by Crippen LogP contribution is 2.16. The van der Waals surface area contributed by atoms with Crippen molar-refractivity contribution < 1.29 is 13.2 Å². The van der Waals surface area contributed by atoms with Crippen LogP contribution in [0, 0.1) is 13.8 Å². The van der Waals surface area contributed by atoms with Crippen LogP contribution in [0.25, 0.3) is 0 Å². The molecule has 6 heteroatoms. The number of hydrogen-bond donors (Lipinski definition) is 1. The number of amides is 1. The van der Waals surface area contributed by atoms with Crippen LogP contribution in [0.15, 0.2) is 53.4 Å². The van der Waals surface area contributed by atoms with E-state index in [1.807, 2.05) is 31.2 Å². The highest BCUT2D eigenvalue weighted by atomic mass is 32.2. The second kappa shape index (κ2) is 9.67. The van der Waals surface area contributed by atoms with Crippen molar-refractivity contribution in [1.29, 1.82) is 0 Å². The number of benzene rings is 2. The van der Waals surface area contributed by atoms with Crippen LogP contribution in [0.5, 0.6) is 0 Å². The molecule has 2 aromatic carbocycles. The predicted molar refractivity (Wildman–Crippen MR) is 108 cm³/mol. The summed E-state index contributed by atoms with van der Waals surface area (Å²) in [6, 6.07) is 15.4. The van der Waals surface area contributed by atoms with Gasteiger partial charge >= 0.3 is 0 Å². The largest absolute Gasteiger partial charge is 0.342 e. The average molecular weight is 389 g/mol. The Kier molecular flexibility index (Phi) is 7.56. The minimum absolute atomic E-state index is 0.0474. The molecule has 0 saturated carbocycles. The summed E-state index contributed by atoms with van der Waals surface area (Å²) in [5.41, 5.74) is 2.97. The van der Waals surface area contributed by atoms with Gasteiger partial charge in [0.25, 0.3) is 0 Å². The maximum atomic E-state index is 12.5. The second-order valence-electron chi connectivity index (χ2n) is 6.76. The minimum Gasteiger partial charge on any atom is -0.342 e. The quantitative estimate of drug-likeness (QED) is 0.718. The standard InChI is InChI=1S/C21H28N2O3S/c1-17-11-12-21(18(2)16-17)27(25,26)22-13-15-23(19(3)24)14-7-10-20-8-5-4-6-9-20/h4-6,8-9,11-12,16,22H,7,10,13-15H2,1-3H3. The van der Waals surface area contributed by atoms with Crippen molar-refractivity contribution >= 4 is 15.9 Å². The van der Waals surface area contributed by atoms with Crippen LogP contribution >= 0.6 is 0 Å². The van der Waals surface area contributed by atoms with Gasteiger partial charge in [0, 0.05) is 26.6 Å². The summed E-state index contributed by atoms with van der Waals surface area (Å²) in [5.74, 6) is -0.0474. The Morgan fingerprint density at radius 1 is 1.04 bits per heavy atom. The Morgan fingerprint density at radius 2 is 1.74 bits per heavy atom. The van der Waals surface area contributed by atoms with Crippen LogP contribution in [0.2, 0.25) is 0 Å². The van der Waals surface area contributed by atoms with Crippen molar-refractivity contribution in [3.8, 4) is 0 Å². The summed E-state index contributed by atoms with van der Waals surface area (Å²) in [5, 5.41) is 0. The first-order chi connectivity index (χ1) is 12.8. The van der Waals surface area contributed by atoms with Crippen molar-refractivity contribution in [3.05, 3.63) is 65.2 Å². The van der Waals surface area contributed by atoms with E-state index < -0.39 is 10.0 Å². The summed E-state index contributed by atoms with van der Waals surface area (Å²) in [6.45, 7) is 6.38. The van der Waals surface area contributed by atoms with E-state index in [1.54, 1.807) is 24.0 Å². The molecule has 0 atom stereocenters. The molecule has 2 rings (SSSR count). The molecule has 0 aliphatic carbocycles. The molecule has 0 unspecified atom stereocenters. The topological polar surface area (TPSA) is 66.5 Å². The Balaban J connectivity index is 1.87. The number of carbonyl (C=O) groups excluding carboxylic acids is 1. The van der Waals surface area contributed by atoms with Gasteiger partial charge in [-0.25, -0.2) is 13.1 Å². The molecule has 0 aliphatic heterocycles. The zero-order chi connectivity index (χ0) is 19.9. The molecule has 0 radical (unpaired) electrons. The minimum atomic E-state index is -3.58. The molecular formula is C21H28N2O3S. The Hall–Kier alpha value is -2.18. The molecule has 5 nitrogen and oxygen atoms in total. The molecule has 1 amide bonds. The Morgan fingerprint density at radius 3 is 2.37 bits per heavy atom. The fourth-order valence-electron chi connectivity index (χ4n) is 3.04. The van der Waals surface area contributed by atoms with E-state index in [0.717, 1.165) is 18.4 Å². The van der Waals surface area contributed by atoms with Crippen molar-refractivity contribution in [3.63, 3.8) is 0 Å². The number of nitrogens with one attached hydrogen (secondary N) is 1. The summed E-state index contributed by atoms with van der Waals surface area (Å²) >= 11 is 0. The first-order valence-corrected chi connectivity index (χ1v) is 10.6. The van der Waals surface area contributed by atoms with Gasteiger partial charge in [-0.2, -0.15) is 0 Å². The summed E-state index contributed by atoms with van der Waals surface area (Å²) in [7, 11) is -3.58. The molecule has 0 heterocycles. The van der Waals surface area contributed by atoms with Gasteiger partial charge in [-0.1, -0.05) is 48.0 Å². The normalized spacial score (nSPS) is 11.4. The van der Waals surface area contributed by atoms with Crippen LogP contribution in [0.4, 0.5) is 0 Å². The second-order valence-corrected chi connectivity index (χ2v) is 8.50. The first kappa shape index (κ1) is 21.1. The molecule has 0 aliphatic rings. The van der Waals surface area contributed by atoms with Crippen LogP contribution in [0.1, 0.15) is 30.0 Å². The number of aryl methyl sites for hydroxylation is 3. The zero-order valence-electron chi connectivity index (χ0n) is 16.2. The van der Waals surface area contributed by atoms with E-state index in [4.69, 9.17) is 0 Å². The monoisotopic (exact) mass is 388 g/mol. The summed E-state index contributed by atoms with van der Waals surface area (Å²) in [4.78, 5) is 13.8. The predicted octanol–water partition coefficient (Wildman–Crippen LogP) is 3.06. The number of sulfonamides is 1. The first-order valence-electron chi connectivity index (χ1n) is 9.16. The molecule has 0 spiro atoms. The van der Waals surface area contributed by atoms with E-state index in [-0.39, 0.29) is 17.3 Å². The third kappa shape index (κ3) is 6.48. The van der Waals surface area contributed by atoms with E-state index in [1.165, 1.54) is 12.5 Å². The highest BCUT2D eigenvalue weighted by Gasteiger charge is 2.17. The molecule has 0 aromatic heterocycles. The maximum absolute atomic E-state index is 12.5. The van der Waals surface area contributed by atoms with Crippen molar-refractivity contribution in [2.75, 3.05) is 19.6 Å². The van der Waals surface area contributed by atoms with Gasteiger partial charge in [0.15, 0.2) is 0 Å². The molecule has 0 fully saturated rings. The summed E-state index contributed by atoms with van der Waals surface area (Å²) < 4.78 is 27.6. The van der Waals surface area contributed by atoms with Crippen LogP contribution in [-0.2, 0) is 21.2 Å². The van der Waals surface area contributed by atoms with Gasteiger partial charge in [0.2, 0.25) is 15.9 Å². The van der Waals surface area contributed by atoms with E-state index in [2.05, 4.69) is 16.9 Å². The lowest BCUT2D eigenvalue weighted by atomic mass is 10.1. The molecular weight excluding hydrogens is 360 g/mol. The molecule has 2 aromatic rings. The molecule has 1 N–H and O–H groups in total. The van der Waals surface area contributed by atoms with E-state index in [0.29, 0.717) is 18.7 Å². The van der Waals surface area contributed by atoms with E-state index in [9.17, 15) is 13.2 Å². The van der Waals surface area contributed by atoms with Crippen LogP contribution in [-0.4, -0.2) is 38.9 Å². The zero-order valence-corrected chi connectivity index (χ0v) is 17.1. The average Bonchev–Trinajstić information content (AvgIpc) is 2.60. The maximum Gasteiger partial charge on any atom is 0.240 e. The van der Waals surface area contributed by atoms with E-state index >= 15 is 0 Å². The Labute approximate surface area is 162 Å². The number of rotatable bonds is 9. The molecule has 0 saturated heterocycles. The lowest BCUT2D eigenvalue weighted by molar-refractivity contribution is -0.128. The molecule has 0 bridgehead atoms. The van der Waals surface area contributed by atoms with Crippen molar-refractivity contribution in [1.82, 2.24) is 9.62 Å². The van der Waals surface area contributed by atoms with Crippen LogP contribution in [0.3, 0.4) is 0 Å². The van der Waals surface area contributed by atoms with Gasteiger partial charge in [-0.3, -0.25) is 4.79 Å². The smallest absolute Gasteiger partial charge is 0.240 e. The van der Waals surface area contributed by atoms with Gasteiger partial charge in [0.1, 0.15) is 0 Å². The molecule has 27 heavy (non-hydrogen) atoms. The fraction of sp³-hybridized carbons (Fsp3) is 0.381. The lowest BCUT2D eigenvalue weighted by Crippen LogP contribution is -2.38. The van der Waals surface area contributed by atoms with Gasteiger partial charge < -0.3 is 4.90 Å². The van der Waals surface area contributed by atoms with Crippen LogP contribution < -0.4 is 4.72 Å². The third-order valence-corrected chi connectivity index (χ3v) is 6.10. The van der Waals surface area contributed by atoms with Crippen molar-refractivity contribution in [2.24, 2.45) is 0 Å². The van der Waals surface area contributed by atoms with Gasteiger partial charge in [-0.15, -0.1) is 0 Å². The van der Waals surface area contributed by atoms with Crippen molar-refractivity contribution in [2.45, 2.75) is 38.5 Å². The molecule has 146 valence electrons. The summed E-state index contributed by atoms with van der Waals surface area (Å²) in [6.07, 6.45) is 1.73. The lowest BCUT2D eigenvalue weighted by Gasteiger charge is -2.21. The highest BCUT2D eigenvalue weighted by molar-refractivity contribution is 7.89. The van der Waals surface area contributed by atoms with Gasteiger partial charge in [-0.05, 0) is 43.9 Å². The third-order valence-electron chi connectivity index (χ3n) is 4.48. The number of hydrogen-bond acceptors (Lipinski definition) is 3. The SMILES string of the molecule is CC(=O)N(CCCc1ccccc1)CCNS(=O)(=O)c1ccc(C)cc1C. The van der Waals surface area contributed by atoms with Gasteiger partial charge in [0.05, 0.1) is 4.90 Å². The number of carbonyl (C=O) groups is 1. The fourth-order valence-corrected chi connectivity index (χ4v) is 4.28. The Bertz CT molecular complexity index is 864. The number of nitrogens with zero attached hydrogens (tertiary/aromatic N) is 1.